The molecule has 0 spiro atoms. The van der Waals surface area contributed by atoms with E-state index in [-0.39, 0.29) is 11.7 Å². The van der Waals surface area contributed by atoms with Crippen molar-refractivity contribution in [2.45, 2.75) is 32.6 Å². The van der Waals surface area contributed by atoms with Gasteiger partial charge < -0.3 is 10.1 Å². The van der Waals surface area contributed by atoms with Crippen molar-refractivity contribution >= 4 is 11.7 Å². The fraction of sp³-hybridized carbons (Fsp3) is 0.375. The van der Waals surface area contributed by atoms with Gasteiger partial charge in [0.1, 0.15) is 5.75 Å². The number of nitrogens with one attached hydrogen (secondary N) is 1. The number of hydrogen-bond donors (Lipinski definition) is 1. The summed E-state index contributed by atoms with van der Waals surface area (Å²) in [4.78, 5) is 23.4. The maximum Gasteiger partial charge on any atom is 0.258 e. The lowest BCUT2D eigenvalue weighted by atomic mass is 10.1. The lowest BCUT2D eigenvalue weighted by molar-refractivity contribution is -0.114. The molecule has 1 N–H and O–H groups in total. The van der Waals surface area contributed by atoms with Crippen molar-refractivity contribution in [3.8, 4) is 5.75 Å². The molecule has 0 unspecified atom stereocenters. The van der Waals surface area contributed by atoms with Crippen LogP contribution in [-0.2, 0) is 4.79 Å². The van der Waals surface area contributed by atoms with Crippen LogP contribution in [0.2, 0.25) is 0 Å². The predicted octanol–water partition coefficient (Wildman–Crippen LogP) is 3.09. The minimum Gasteiger partial charge on any atom is -0.496 e. The van der Waals surface area contributed by atoms with Crippen LogP contribution in [-0.4, -0.2) is 18.8 Å². The zero-order valence-corrected chi connectivity index (χ0v) is 12.0. The summed E-state index contributed by atoms with van der Waals surface area (Å²) in [6.45, 7) is 2.09. The van der Waals surface area contributed by atoms with Crippen molar-refractivity contribution in [2.75, 3.05) is 7.11 Å². The number of hydrogen-bond acceptors (Lipinski definition) is 3. The van der Waals surface area contributed by atoms with Gasteiger partial charge in [0.25, 0.3) is 5.91 Å². The Balaban J connectivity index is 2.48. The van der Waals surface area contributed by atoms with Crippen molar-refractivity contribution in [1.82, 2.24) is 5.32 Å². The Morgan fingerprint density at radius 2 is 2.00 bits per heavy atom. The van der Waals surface area contributed by atoms with Gasteiger partial charge in [-0.2, -0.15) is 0 Å². The van der Waals surface area contributed by atoms with Gasteiger partial charge in [-0.3, -0.25) is 9.59 Å². The van der Waals surface area contributed by atoms with Crippen molar-refractivity contribution in [2.24, 2.45) is 0 Å². The summed E-state index contributed by atoms with van der Waals surface area (Å²) >= 11 is 0. The summed E-state index contributed by atoms with van der Waals surface area (Å²) in [6, 6.07) is 6.94. The van der Waals surface area contributed by atoms with E-state index in [0.29, 0.717) is 17.7 Å². The molecule has 20 heavy (non-hydrogen) atoms. The van der Waals surface area contributed by atoms with Crippen molar-refractivity contribution in [3.05, 3.63) is 42.1 Å². The van der Waals surface area contributed by atoms with Crippen LogP contribution in [0.3, 0.4) is 0 Å². The molecule has 108 valence electrons. The molecule has 0 saturated carbocycles. The van der Waals surface area contributed by atoms with Gasteiger partial charge in [0.05, 0.1) is 12.7 Å². The molecule has 0 aromatic heterocycles. The fourth-order valence-corrected chi connectivity index (χ4v) is 1.75. The second kappa shape index (κ2) is 8.91. The first-order valence-corrected chi connectivity index (χ1v) is 6.82. The molecule has 0 saturated heterocycles. The molecule has 0 aliphatic rings. The van der Waals surface area contributed by atoms with E-state index in [9.17, 15) is 9.59 Å². The zero-order chi connectivity index (χ0) is 14.8. The highest BCUT2D eigenvalue weighted by Crippen LogP contribution is 2.16. The Morgan fingerprint density at radius 1 is 1.25 bits per heavy atom. The SMILES string of the molecule is CCCCCC(=O)/C=C\NC(=O)c1ccccc1OC. The molecule has 0 fully saturated rings. The number of para-hydroxylation sites is 1. The molecule has 0 bridgehead atoms. The summed E-state index contributed by atoms with van der Waals surface area (Å²) < 4.78 is 5.11. The van der Waals surface area contributed by atoms with Crippen LogP contribution in [0.5, 0.6) is 5.75 Å². The molecule has 4 nitrogen and oxygen atoms in total. The molecule has 1 aromatic carbocycles. The highest BCUT2D eigenvalue weighted by molar-refractivity contribution is 5.98. The normalized spacial score (nSPS) is 10.5. The number of benzene rings is 1. The summed E-state index contributed by atoms with van der Waals surface area (Å²) in [7, 11) is 1.51. The average molecular weight is 275 g/mol. The maximum absolute atomic E-state index is 11.9. The third-order valence-corrected chi connectivity index (χ3v) is 2.86. The number of carbonyl (C=O) groups excluding carboxylic acids is 2. The van der Waals surface area contributed by atoms with Gasteiger partial charge in [-0.05, 0) is 24.6 Å². The van der Waals surface area contributed by atoms with Crippen molar-refractivity contribution in [1.29, 1.82) is 0 Å². The molecule has 0 atom stereocenters. The second-order valence-electron chi connectivity index (χ2n) is 4.43. The van der Waals surface area contributed by atoms with Gasteiger partial charge >= 0.3 is 0 Å². The van der Waals surface area contributed by atoms with E-state index >= 15 is 0 Å². The smallest absolute Gasteiger partial charge is 0.258 e. The van der Waals surface area contributed by atoms with Gasteiger partial charge in [-0.1, -0.05) is 31.9 Å². The number of allylic oxidation sites excluding steroid dienone is 1. The number of ether oxygens (including phenoxy) is 1. The second-order valence-corrected chi connectivity index (χ2v) is 4.43. The average Bonchev–Trinajstić information content (AvgIpc) is 2.47. The highest BCUT2D eigenvalue weighted by Gasteiger charge is 2.09. The van der Waals surface area contributed by atoms with Gasteiger partial charge in [0.2, 0.25) is 0 Å². The van der Waals surface area contributed by atoms with E-state index in [1.54, 1.807) is 24.3 Å². The first kappa shape index (κ1) is 16.0. The van der Waals surface area contributed by atoms with E-state index in [0.717, 1.165) is 19.3 Å². The lowest BCUT2D eigenvalue weighted by Crippen LogP contribution is -2.18. The minimum absolute atomic E-state index is 0.0266. The minimum atomic E-state index is -0.292. The van der Waals surface area contributed by atoms with Crippen molar-refractivity contribution in [3.63, 3.8) is 0 Å². The van der Waals surface area contributed by atoms with Crippen LogP contribution >= 0.6 is 0 Å². The van der Waals surface area contributed by atoms with E-state index in [2.05, 4.69) is 12.2 Å². The monoisotopic (exact) mass is 275 g/mol. The van der Waals surface area contributed by atoms with E-state index in [1.165, 1.54) is 19.4 Å². The Hall–Kier alpha value is -2.10. The van der Waals surface area contributed by atoms with Gasteiger partial charge in [0, 0.05) is 12.6 Å². The van der Waals surface area contributed by atoms with Crippen LogP contribution in [0.4, 0.5) is 0 Å². The van der Waals surface area contributed by atoms with Gasteiger partial charge in [0.15, 0.2) is 5.78 Å². The zero-order valence-electron chi connectivity index (χ0n) is 12.0. The topological polar surface area (TPSA) is 55.4 Å². The first-order chi connectivity index (χ1) is 9.69. The third-order valence-electron chi connectivity index (χ3n) is 2.86. The van der Waals surface area contributed by atoms with Crippen LogP contribution in [0, 0.1) is 0 Å². The third kappa shape index (κ3) is 5.26. The molecule has 1 rings (SSSR count). The summed E-state index contributed by atoms with van der Waals surface area (Å²) in [5, 5.41) is 2.57. The fourth-order valence-electron chi connectivity index (χ4n) is 1.75. The van der Waals surface area contributed by atoms with Crippen LogP contribution in [0.15, 0.2) is 36.5 Å². The highest BCUT2D eigenvalue weighted by atomic mass is 16.5. The molecule has 1 amide bonds. The lowest BCUT2D eigenvalue weighted by Gasteiger charge is -2.06. The van der Waals surface area contributed by atoms with Gasteiger partial charge in [-0.25, -0.2) is 0 Å². The standard InChI is InChI=1S/C16H21NO3/c1-3-4-5-8-13(18)11-12-17-16(19)14-9-6-7-10-15(14)20-2/h6-7,9-12H,3-5,8H2,1-2H3,(H,17,19)/b12-11-. The first-order valence-electron chi connectivity index (χ1n) is 6.82. The summed E-state index contributed by atoms with van der Waals surface area (Å²) in [5.41, 5.74) is 0.443. The molecular weight excluding hydrogens is 254 g/mol. The Bertz CT molecular complexity index is 480. The van der Waals surface area contributed by atoms with Crippen LogP contribution in [0.25, 0.3) is 0 Å². The van der Waals surface area contributed by atoms with Gasteiger partial charge in [-0.15, -0.1) is 0 Å². The van der Waals surface area contributed by atoms with Crippen LogP contribution in [0.1, 0.15) is 43.0 Å². The largest absolute Gasteiger partial charge is 0.496 e. The predicted molar refractivity (Wildman–Crippen MR) is 78.7 cm³/mol. The quantitative estimate of drug-likeness (QED) is 0.586. The van der Waals surface area contributed by atoms with Crippen LogP contribution < -0.4 is 10.1 Å². The van der Waals surface area contributed by atoms with E-state index in [1.807, 2.05) is 0 Å². The van der Waals surface area contributed by atoms with E-state index < -0.39 is 0 Å². The molecule has 0 radical (unpaired) electrons. The van der Waals surface area contributed by atoms with Crippen molar-refractivity contribution < 1.29 is 14.3 Å². The van der Waals surface area contributed by atoms with E-state index in [4.69, 9.17) is 4.74 Å². The number of amides is 1. The summed E-state index contributed by atoms with van der Waals surface area (Å²) in [5.74, 6) is 0.242. The Kier molecular flexibility index (Phi) is 7.11. The molecular formula is C16H21NO3. The number of carbonyl (C=O) groups is 2. The molecule has 1 aromatic rings. The number of methoxy groups -OCH3 is 1. The number of rotatable bonds is 8. The molecule has 4 heteroatoms. The Labute approximate surface area is 119 Å². The number of ketones is 1. The number of unbranched alkanes of at least 4 members (excludes halogenated alkanes) is 2. The summed E-state index contributed by atoms with van der Waals surface area (Å²) in [6.07, 6.45) is 6.34. The molecule has 0 aliphatic heterocycles. The molecule has 0 heterocycles. The Morgan fingerprint density at radius 3 is 2.70 bits per heavy atom. The maximum atomic E-state index is 11.9. The molecule has 0 aliphatic carbocycles.